The van der Waals surface area contributed by atoms with Gasteiger partial charge in [-0.25, -0.2) is 0 Å². The van der Waals surface area contributed by atoms with Crippen LogP contribution in [-0.2, 0) is 19.3 Å². The lowest BCUT2D eigenvalue weighted by molar-refractivity contribution is 0.487. The molecule has 3 nitrogen and oxygen atoms in total. The quantitative estimate of drug-likeness (QED) is 0.607. The van der Waals surface area contributed by atoms with E-state index in [-0.39, 0.29) is 6.04 Å². The molecule has 0 radical (unpaired) electrons. The molecule has 0 bridgehead atoms. The van der Waals surface area contributed by atoms with Crippen molar-refractivity contribution in [3.05, 3.63) is 65.0 Å². The third kappa shape index (κ3) is 4.96. The maximum atomic E-state index is 5.69. The lowest BCUT2D eigenvalue weighted by Gasteiger charge is -2.15. The number of aryl methyl sites for hydroxylation is 3. The second kappa shape index (κ2) is 7.91. The van der Waals surface area contributed by atoms with Crippen LogP contribution < -0.4 is 11.3 Å². The number of nitrogens with one attached hydrogen (secondary N) is 1. The summed E-state index contributed by atoms with van der Waals surface area (Å²) in [6.07, 6.45) is 5.90. The molecule has 0 aliphatic rings. The Morgan fingerprint density at radius 2 is 1.81 bits per heavy atom. The van der Waals surface area contributed by atoms with E-state index in [2.05, 4.69) is 60.7 Å². The molecule has 3 N–H and O–H groups in total. The van der Waals surface area contributed by atoms with Crippen LogP contribution in [0.4, 0.5) is 0 Å². The van der Waals surface area contributed by atoms with Crippen LogP contribution in [0.2, 0.25) is 0 Å². The first kappa shape index (κ1) is 15.7. The lowest BCUT2D eigenvalue weighted by atomic mass is 10.0. The molecule has 0 amide bonds. The zero-order valence-corrected chi connectivity index (χ0v) is 13.0. The molecular formula is C18H25N3. The molecule has 1 unspecified atom stereocenters. The fraction of sp³-hybridized carbons (Fsp3) is 0.389. The maximum absolute atomic E-state index is 5.69. The van der Waals surface area contributed by atoms with E-state index in [9.17, 15) is 0 Å². The normalized spacial score (nSPS) is 12.3. The highest BCUT2D eigenvalue weighted by molar-refractivity contribution is 5.21. The van der Waals surface area contributed by atoms with Gasteiger partial charge in [0.1, 0.15) is 0 Å². The number of nitrogens with zero attached hydrogens (tertiary/aromatic N) is 1. The van der Waals surface area contributed by atoms with Gasteiger partial charge in [0, 0.05) is 24.4 Å². The Hall–Kier alpha value is -1.71. The summed E-state index contributed by atoms with van der Waals surface area (Å²) in [7, 11) is 0. The Bertz CT molecular complexity index is 531. The summed E-state index contributed by atoms with van der Waals surface area (Å²) in [6.45, 7) is 4.25. The zero-order chi connectivity index (χ0) is 15.1. The number of aromatic nitrogens is 1. The minimum absolute atomic E-state index is 0.256. The lowest BCUT2D eigenvalue weighted by Crippen LogP contribution is -2.37. The van der Waals surface area contributed by atoms with E-state index in [0.717, 1.165) is 31.4 Å². The number of hydrogen-bond acceptors (Lipinski definition) is 3. The van der Waals surface area contributed by atoms with Crippen LogP contribution in [0.25, 0.3) is 0 Å². The summed E-state index contributed by atoms with van der Waals surface area (Å²) in [5.74, 6) is 5.69. The van der Waals surface area contributed by atoms with Gasteiger partial charge >= 0.3 is 0 Å². The van der Waals surface area contributed by atoms with Gasteiger partial charge < -0.3 is 0 Å². The van der Waals surface area contributed by atoms with E-state index in [4.69, 9.17) is 5.84 Å². The van der Waals surface area contributed by atoms with Gasteiger partial charge in [-0.2, -0.15) is 0 Å². The molecule has 0 spiro atoms. The van der Waals surface area contributed by atoms with Crippen molar-refractivity contribution in [2.24, 2.45) is 5.84 Å². The van der Waals surface area contributed by atoms with E-state index >= 15 is 0 Å². The van der Waals surface area contributed by atoms with Crippen LogP contribution in [0, 0.1) is 6.92 Å². The van der Waals surface area contributed by atoms with Gasteiger partial charge in [0.2, 0.25) is 0 Å². The van der Waals surface area contributed by atoms with Crippen LogP contribution >= 0.6 is 0 Å². The average Bonchev–Trinajstić information content (AvgIpc) is 2.53. The van der Waals surface area contributed by atoms with Crippen LogP contribution in [-0.4, -0.2) is 11.0 Å². The first-order valence-electron chi connectivity index (χ1n) is 7.66. The third-order valence-electron chi connectivity index (χ3n) is 3.89. The van der Waals surface area contributed by atoms with Gasteiger partial charge in [-0.3, -0.25) is 16.3 Å². The van der Waals surface area contributed by atoms with Crippen LogP contribution in [0.15, 0.2) is 42.6 Å². The highest BCUT2D eigenvalue weighted by atomic mass is 15.2. The summed E-state index contributed by atoms with van der Waals surface area (Å²) in [5, 5.41) is 0. The molecule has 1 aromatic heterocycles. The summed E-state index contributed by atoms with van der Waals surface area (Å²) in [5.41, 5.74) is 7.95. The molecule has 0 fully saturated rings. The van der Waals surface area contributed by atoms with Gasteiger partial charge in [-0.15, -0.1) is 0 Å². The largest absolute Gasteiger partial charge is 0.271 e. The van der Waals surface area contributed by atoms with E-state index in [1.165, 1.54) is 16.7 Å². The topological polar surface area (TPSA) is 50.9 Å². The predicted octanol–water partition coefficient (Wildman–Crippen LogP) is 2.96. The Kier molecular flexibility index (Phi) is 5.90. The minimum Gasteiger partial charge on any atom is -0.271 e. The first-order chi connectivity index (χ1) is 10.2. The van der Waals surface area contributed by atoms with Crippen molar-refractivity contribution in [2.75, 3.05) is 0 Å². The smallest absolute Gasteiger partial charge is 0.0419 e. The average molecular weight is 283 g/mol. The molecule has 3 heteroatoms. The van der Waals surface area contributed by atoms with E-state index < -0.39 is 0 Å². The van der Waals surface area contributed by atoms with Crippen molar-refractivity contribution in [2.45, 2.75) is 45.6 Å². The molecule has 1 aromatic carbocycles. The molecule has 0 saturated carbocycles. The SMILES string of the molecule is CCc1ccc(CC(CCc2ccc(C)cc2)NN)nc1. The van der Waals surface area contributed by atoms with E-state index in [1.807, 2.05) is 6.20 Å². The summed E-state index contributed by atoms with van der Waals surface area (Å²) in [6, 6.07) is 13.2. The molecule has 0 aliphatic carbocycles. The number of hydrogen-bond donors (Lipinski definition) is 2. The molecular weight excluding hydrogens is 258 g/mol. The molecule has 2 rings (SSSR count). The summed E-state index contributed by atoms with van der Waals surface area (Å²) in [4.78, 5) is 4.51. The fourth-order valence-electron chi connectivity index (χ4n) is 2.38. The molecule has 0 saturated heterocycles. The number of nitrogens with two attached hydrogens (primary N) is 1. The zero-order valence-electron chi connectivity index (χ0n) is 13.0. The highest BCUT2D eigenvalue weighted by Crippen LogP contribution is 2.10. The Morgan fingerprint density at radius 1 is 1.10 bits per heavy atom. The fourth-order valence-corrected chi connectivity index (χ4v) is 2.38. The van der Waals surface area contributed by atoms with Gasteiger partial charge in [0.05, 0.1) is 0 Å². The number of rotatable bonds is 7. The van der Waals surface area contributed by atoms with Crippen molar-refractivity contribution >= 4 is 0 Å². The Balaban J connectivity index is 1.88. The van der Waals surface area contributed by atoms with Crippen LogP contribution in [0.3, 0.4) is 0 Å². The molecule has 112 valence electrons. The van der Waals surface area contributed by atoms with Crippen molar-refractivity contribution in [3.8, 4) is 0 Å². The maximum Gasteiger partial charge on any atom is 0.0419 e. The molecule has 21 heavy (non-hydrogen) atoms. The van der Waals surface area contributed by atoms with Crippen molar-refractivity contribution < 1.29 is 0 Å². The first-order valence-corrected chi connectivity index (χ1v) is 7.66. The standard InChI is InChI=1S/C18H25N3/c1-3-15-8-10-17(20-13-15)12-18(21-19)11-9-16-6-4-14(2)5-7-16/h4-8,10,13,18,21H,3,9,11-12,19H2,1-2H3. The number of pyridine rings is 1. The number of hydrazine groups is 1. The second-order valence-electron chi connectivity index (χ2n) is 5.60. The van der Waals surface area contributed by atoms with Gasteiger partial charge in [-0.05, 0) is 43.4 Å². The minimum atomic E-state index is 0.256. The van der Waals surface area contributed by atoms with Gasteiger partial charge in [0.15, 0.2) is 0 Å². The van der Waals surface area contributed by atoms with E-state index in [1.54, 1.807) is 0 Å². The second-order valence-corrected chi connectivity index (χ2v) is 5.60. The Labute approximate surface area is 127 Å². The van der Waals surface area contributed by atoms with E-state index in [0.29, 0.717) is 0 Å². The summed E-state index contributed by atoms with van der Waals surface area (Å²) >= 11 is 0. The predicted molar refractivity (Wildman–Crippen MR) is 87.9 cm³/mol. The van der Waals surface area contributed by atoms with Crippen molar-refractivity contribution in [1.82, 2.24) is 10.4 Å². The van der Waals surface area contributed by atoms with Crippen LogP contribution in [0.1, 0.15) is 35.7 Å². The molecule has 0 aliphatic heterocycles. The van der Waals surface area contributed by atoms with Crippen molar-refractivity contribution in [1.29, 1.82) is 0 Å². The van der Waals surface area contributed by atoms with Crippen molar-refractivity contribution in [3.63, 3.8) is 0 Å². The molecule has 2 aromatic rings. The van der Waals surface area contributed by atoms with Crippen LogP contribution in [0.5, 0.6) is 0 Å². The molecule has 1 heterocycles. The highest BCUT2D eigenvalue weighted by Gasteiger charge is 2.09. The number of benzene rings is 1. The third-order valence-corrected chi connectivity index (χ3v) is 3.89. The Morgan fingerprint density at radius 3 is 2.38 bits per heavy atom. The van der Waals surface area contributed by atoms with Gasteiger partial charge in [0.25, 0.3) is 0 Å². The monoisotopic (exact) mass is 283 g/mol. The van der Waals surface area contributed by atoms with Gasteiger partial charge in [-0.1, -0.05) is 42.8 Å². The molecule has 1 atom stereocenters. The summed E-state index contributed by atoms with van der Waals surface area (Å²) < 4.78 is 0.